The van der Waals surface area contributed by atoms with Crippen LogP contribution in [0.2, 0.25) is 0 Å². The van der Waals surface area contributed by atoms with Crippen LogP contribution in [0, 0.1) is 13.8 Å². The van der Waals surface area contributed by atoms with Crippen molar-refractivity contribution in [1.29, 1.82) is 0 Å². The Bertz CT molecular complexity index is 710. The second-order valence-electron chi connectivity index (χ2n) is 4.86. The van der Waals surface area contributed by atoms with Crippen LogP contribution in [0.1, 0.15) is 28.7 Å². The molecule has 0 aliphatic heterocycles. The van der Waals surface area contributed by atoms with E-state index in [1.54, 1.807) is 39.0 Å². The van der Waals surface area contributed by atoms with E-state index in [0.717, 1.165) is 4.47 Å². The Morgan fingerprint density at radius 2 is 2.04 bits per heavy atom. The Hall–Kier alpha value is -2.35. The minimum Gasteiger partial charge on any atom is -0.481 e. The molecule has 1 aromatic carbocycles. The number of hydrogen-bond acceptors (Lipinski definition) is 5. The smallest absolute Gasteiger partial charge is 0.279 e. The van der Waals surface area contributed by atoms with Gasteiger partial charge in [0.15, 0.2) is 6.10 Å². The standard InChI is InChI=1S/C15H16BrN3O4/c1-8-13(9(2)23-19-8)15(21)18-17-14(20)10(3)22-12-6-4-5-11(16)7-12/h4-7,10H,1-3H3,(H,17,20)(H,18,21)/t10-/m0/s1. The molecule has 23 heavy (non-hydrogen) atoms. The van der Waals surface area contributed by atoms with Gasteiger partial charge in [-0.1, -0.05) is 27.2 Å². The number of benzene rings is 1. The van der Waals surface area contributed by atoms with Crippen LogP contribution in [0.15, 0.2) is 33.3 Å². The zero-order chi connectivity index (χ0) is 17.0. The fourth-order valence-corrected chi connectivity index (χ4v) is 2.27. The fraction of sp³-hybridized carbons (Fsp3) is 0.267. The molecule has 0 spiro atoms. The van der Waals surface area contributed by atoms with Crippen LogP contribution in [0.5, 0.6) is 5.75 Å². The molecule has 2 aromatic rings. The van der Waals surface area contributed by atoms with E-state index in [-0.39, 0.29) is 0 Å². The highest BCUT2D eigenvalue weighted by atomic mass is 79.9. The van der Waals surface area contributed by atoms with Crippen molar-refractivity contribution in [3.05, 3.63) is 45.8 Å². The maximum atomic E-state index is 12.0. The molecule has 1 atom stereocenters. The van der Waals surface area contributed by atoms with E-state index in [1.807, 2.05) is 6.07 Å². The predicted octanol–water partition coefficient (Wildman–Crippen LogP) is 2.28. The van der Waals surface area contributed by atoms with Crippen LogP contribution < -0.4 is 15.6 Å². The molecule has 7 nitrogen and oxygen atoms in total. The van der Waals surface area contributed by atoms with Gasteiger partial charge in [-0.15, -0.1) is 0 Å². The molecular formula is C15H16BrN3O4. The van der Waals surface area contributed by atoms with Gasteiger partial charge in [0.05, 0.1) is 5.69 Å². The summed E-state index contributed by atoms with van der Waals surface area (Å²) in [5.74, 6) is -0.0545. The number of ether oxygens (including phenoxy) is 1. The minimum atomic E-state index is -0.783. The van der Waals surface area contributed by atoms with Crippen molar-refractivity contribution < 1.29 is 18.8 Å². The number of hydrazine groups is 1. The summed E-state index contributed by atoms with van der Waals surface area (Å²) >= 11 is 3.32. The first-order valence-corrected chi connectivity index (χ1v) is 7.63. The van der Waals surface area contributed by atoms with Gasteiger partial charge in [-0.3, -0.25) is 20.4 Å². The first kappa shape index (κ1) is 17.0. The van der Waals surface area contributed by atoms with Crippen molar-refractivity contribution in [2.75, 3.05) is 0 Å². The van der Waals surface area contributed by atoms with Crippen LogP contribution >= 0.6 is 15.9 Å². The molecule has 1 aromatic heterocycles. The van der Waals surface area contributed by atoms with E-state index < -0.39 is 17.9 Å². The molecule has 122 valence electrons. The van der Waals surface area contributed by atoms with Crippen LogP contribution in [0.3, 0.4) is 0 Å². The maximum absolute atomic E-state index is 12.0. The number of nitrogens with zero attached hydrogens (tertiary/aromatic N) is 1. The summed E-state index contributed by atoms with van der Waals surface area (Å²) in [6.07, 6.45) is -0.783. The highest BCUT2D eigenvalue weighted by Crippen LogP contribution is 2.18. The van der Waals surface area contributed by atoms with Gasteiger partial charge >= 0.3 is 0 Å². The number of hydrogen-bond donors (Lipinski definition) is 2. The highest BCUT2D eigenvalue weighted by Gasteiger charge is 2.20. The largest absolute Gasteiger partial charge is 0.481 e. The Kier molecular flexibility index (Phi) is 5.38. The SMILES string of the molecule is Cc1noc(C)c1C(=O)NNC(=O)[C@H](C)Oc1cccc(Br)c1. The van der Waals surface area contributed by atoms with Gasteiger partial charge < -0.3 is 9.26 Å². The third kappa shape index (κ3) is 4.32. The van der Waals surface area contributed by atoms with Crippen LogP contribution in [-0.2, 0) is 4.79 Å². The molecule has 0 bridgehead atoms. The summed E-state index contributed by atoms with van der Waals surface area (Å²) in [4.78, 5) is 24.0. The number of nitrogens with one attached hydrogen (secondary N) is 2. The molecule has 8 heteroatoms. The first-order chi connectivity index (χ1) is 10.9. The van der Waals surface area contributed by atoms with Gasteiger partial charge in [0.25, 0.3) is 11.8 Å². The molecule has 0 saturated carbocycles. The summed E-state index contributed by atoms with van der Waals surface area (Å²) in [5.41, 5.74) is 5.38. The Morgan fingerprint density at radius 1 is 1.30 bits per heavy atom. The molecule has 0 fully saturated rings. The Balaban J connectivity index is 1.90. The first-order valence-electron chi connectivity index (χ1n) is 6.83. The average Bonchev–Trinajstić information content (AvgIpc) is 2.83. The highest BCUT2D eigenvalue weighted by molar-refractivity contribution is 9.10. The lowest BCUT2D eigenvalue weighted by Gasteiger charge is -2.15. The fourth-order valence-electron chi connectivity index (χ4n) is 1.89. The van der Waals surface area contributed by atoms with E-state index in [0.29, 0.717) is 22.8 Å². The quantitative estimate of drug-likeness (QED) is 0.792. The van der Waals surface area contributed by atoms with E-state index >= 15 is 0 Å². The third-order valence-corrected chi connectivity index (χ3v) is 3.53. The normalized spacial score (nSPS) is 11.7. The number of carbonyl (C=O) groups is 2. The van der Waals surface area contributed by atoms with Crippen molar-refractivity contribution >= 4 is 27.7 Å². The Morgan fingerprint density at radius 3 is 2.65 bits per heavy atom. The van der Waals surface area contributed by atoms with Crippen molar-refractivity contribution in [3.8, 4) is 5.75 Å². The van der Waals surface area contributed by atoms with Crippen molar-refractivity contribution in [3.63, 3.8) is 0 Å². The second-order valence-corrected chi connectivity index (χ2v) is 5.78. The molecule has 2 amide bonds. The van der Waals surface area contributed by atoms with Gasteiger partial charge in [0.2, 0.25) is 0 Å². The van der Waals surface area contributed by atoms with Crippen molar-refractivity contribution in [1.82, 2.24) is 16.0 Å². The lowest BCUT2D eigenvalue weighted by Crippen LogP contribution is -2.47. The molecule has 1 heterocycles. The number of amides is 2. The summed E-state index contributed by atoms with van der Waals surface area (Å²) in [7, 11) is 0. The van der Waals surface area contributed by atoms with Gasteiger partial charge in [-0.25, -0.2) is 0 Å². The monoisotopic (exact) mass is 381 g/mol. The van der Waals surface area contributed by atoms with Crippen LogP contribution in [0.25, 0.3) is 0 Å². The third-order valence-electron chi connectivity index (χ3n) is 3.04. The number of halogens is 1. The lowest BCUT2D eigenvalue weighted by molar-refractivity contribution is -0.128. The molecule has 2 N–H and O–H groups in total. The summed E-state index contributed by atoms with van der Waals surface area (Å²) < 4.78 is 11.3. The summed E-state index contributed by atoms with van der Waals surface area (Å²) in [6, 6.07) is 7.12. The van der Waals surface area contributed by atoms with E-state index in [9.17, 15) is 9.59 Å². The van der Waals surface area contributed by atoms with E-state index in [4.69, 9.17) is 9.26 Å². The van der Waals surface area contributed by atoms with Gasteiger partial charge in [0.1, 0.15) is 17.1 Å². The zero-order valence-corrected chi connectivity index (χ0v) is 14.4. The van der Waals surface area contributed by atoms with Crippen LogP contribution in [-0.4, -0.2) is 23.1 Å². The van der Waals surface area contributed by atoms with Gasteiger partial charge in [-0.2, -0.15) is 0 Å². The zero-order valence-electron chi connectivity index (χ0n) is 12.8. The molecule has 2 rings (SSSR count). The molecule has 0 aliphatic rings. The predicted molar refractivity (Wildman–Crippen MR) is 85.8 cm³/mol. The van der Waals surface area contributed by atoms with Crippen molar-refractivity contribution in [2.24, 2.45) is 0 Å². The summed E-state index contributed by atoms with van der Waals surface area (Å²) in [5, 5.41) is 3.69. The number of carbonyl (C=O) groups excluding carboxylic acids is 2. The van der Waals surface area contributed by atoms with Gasteiger partial charge in [0, 0.05) is 4.47 Å². The van der Waals surface area contributed by atoms with E-state index in [2.05, 4.69) is 31.9 Å². The van der Waals surface area contributed by atoms with Crippen LogP contribution in [0.4, 0.5) is 0 Å². The molecule has 0 unspecified atom stereocenters. The second kappa shape index (κ2) is 7.28. The topological polar surface area (TPSA) is 93.5 Å². The molecule has 0 saturated heterocycles. The summed E-state index contributed by atoms with van der Waals surface area (Å²) in [6.45, 7) is 4.85. The molecular weight excluding hydrogens is 366 g/mol. The Labute approximate surface area is 141 Å². The number of rotatable bonds is 4. The number of aromatic nitrogens is 1. The van der Waals surface area contributed by atoms with Crippen molar-refractivity contribution in [2.45, 2.75) is 26.9 Å². The molecule has 0 radical (unpaired) electrons. The molecule has 0 aliphatic carbocycles. The lowest BCUT2D eigenvalue weighted by atomic mass is 10.2. The average molecular weight is 382 g/mol. The van der Waals surface area contributed by atoms with E-state index in [1.165, 1.54) is 0 Å². The van der Waals surface area contributed by atoms with Gasteiger partial charge in [-0.05, 0) is 39.0 Å². The maximum Gasteiger partial charge on any atom is 0.279 e. The number of aryl methyl sites for hydroxylation is 2. The minimum absolute atomic E-state index is 0.297.